The lowest BCUT2D eigenvalue weighted by molar-refractivity contribution is -0.153. The maximum absolute atomic E-state index is 10.4. The predicted octanol–water partition coefficient (Wildman–Crippen LogP) is 7.39. The highest BCUT2D eigenvalue weighted by Gasteiger charge is 2.39. The summed E-state index contributed by atoms with van der Waals surface area (Å²) in [6, 6.07) is 6.00. The van der Waals surface area contributed by atoms with Crippen LogP contribution in [0.3, 0.4) is 0 Å². The van der Waals surface area contributed by atoms with Gasteiger partial charge < -0.3 is 62.3 Å². The van der Waals surface area contributed by atoms with Gasteiger partial charge in [0.25, 0.3) is 0 Å². The molecular formula is C56H99N5O16. The minimum Gasteiger partial charge on any atom is -0.481 e. The molecule has 0 saturated heterocycles. The van der Waals surface area contributed by atoms with E-state index in [1.54, 1.807) is 12.2 Å². The minimum absolute atomic E-state index is 0.0186. The van der Waals surface area contributed by atoms with Gasteiger partial charge in [-0.1, -0.05) is 60.5 Å². The number of carbonyl (C=O) groups is 5. The van der Waals surface area contributed by atoms with Crippen LogP contribution >= 0.6 is 0 Å². The highest BCUT2D eigenvalue weighted by Crippen LogP contribution is 2.44. The van der Waals surface area contributed by atoms with Gasteiger partial charge in [-0.05, 0) is 177 Å². The van der Waals surface area contributed by atoms with Crippen molar-refractivity contribution in [2.24, 2.45) is 49.5 Å². The fourth-order valence-electron chi connectivity index (χ4n) is 9.28. The Bertz CT molecular complexity index is 1760. The van der Waals surface area contributed by atoms with E-state index in [2.05, 4.69) is 56.4 Å². The molecule has 21 nitrogen and oxygen atoms in total. The third-order valence-corrected chi connectivity index (χ3v) is 13.7. The molecule has 444 valence electrons. The number of carboxylic acids is 5. The number of carboxylic acid groups (broad SMARTS) is 5. The van der Waals surface area contributed by atoms with E-state index in [1.165, 1.54) is 83.3 Å². The van der Waals surface area contributed by atoms with E-state index in [0.29, 0.717) is 24.3 Å². The number of nitrogens with zero attached hydrogens (tertiary/aromatic N) is 3. The summed E-state index contributed by atoms with van der Waals surface area (Å²) in [4.78, 5) is 81.2. The van der Waals surface area contributed by atoms with Crippen LogP contribution in [0.25, 0.3) is 0 Å². The molecule has 1 aromatic rings. The molecule has 13 N–H and O–H groups in total. The lowest BCUT2D eigenvalue weighted by atomic mass is 9.63. The maximum atomic E-state index is 10.4. The molecule has 0 radical (unpaired) electrons. The summed E-state index contributed by atoms with van der Waals surface area (Å²) in [6.07, 6.45) is 21.9. The predicted molar refractivity (Wildman–Crippen MR) is 295 cm³/mol. The molecule has 0 bridgehead atoms. The van der Waals surface area contributed by atoms with Crippen LogP contribution in [0.5, 0.6) is 0 Å². The molecule has 21 heteroatoms. The summed E-state index contributed by atoms with van der Waals surface area (Å²) in [5.74, 6) is -3.58. The Morgan fingerprint density at radius 3 is 1.29 bits per heavy atom. The zero-order valence-corrected chi connectivity index (χ0v) is 47.4. The van der Waals surface area contributed by atoms with Crippen LogP contribution in [0.2, 0.25) is 0 Å². The zero-order valence-electron chi connectivity index (χ0n) is 47.4. The molecule has 3 fully saturated rings. The molecule has 77 heavy (non-hydrogen) atoms. The molecule has 2 unspecified atom stereocenters. The summed E-state index contributed by atoms with van der Waals surface area (Å²) >= 11 is 0. The molecule has 3 saturated carbocycles. The molecule has 3 aliphatic rings. The third-order valence-electron chi connectivity index (χ3n) is 13.7. The number of aliphatic hydroxyl groups is 4. The second-order valence-corrected chi connectivity index (χ2v) is 21.4. The van der Waals surface area contributed by atoms with Crippen molar-refractivity contribution in [3.8, 4) is 0 Å². The minimum atomic E-state index is -1.39. The highest BCUT2D eigenvalue weighted by atomic mass is 16.4. The van der Waals surface area contributed by atoms with E-state index < -0.39 is 48.5 Å². The summed E-state index contributed by atoms with van der Waals surface area (Å²) in [7, 11) is 0. The largest absolute Gasteiger partial charge is 0.481 e. The number of isocyanates is 2. The van der Waals surface area contributed by atoms with E-state index in [-0.39, 0.29) is 54.7 Å². The van der Waals surface area contributed by atoms with Gasteiger partial charge in [0.2, 0.25) is 12.2 Å². The van der Waals surface area contributed by atoms with Gasteiger partial charge in [0, 0.05) is 32.1 Å². The van der Waals surface area contributed by atoms with E-state index in [1.807, 2.05) is 0 Å². The molecular weight excluding hydrogens is 999 g/mol. The van der Waals surface area contributed by atoms with E-state index in [4.69, 9.17) is 57.4 Å². The van der Waals surface area contributed by atoms with Gasteiger partial charge in [0.1, 0.15) is 5.41 Å². The number of aliphatic imine (C=N–C) groups is 2. The van der Waals surface area contributed by atoms with Crippen molar-refractivity contribution in [1.82, 2.24) is 4.90 Å². The van der Waals surface area contributed by atoms with Crippen LogP contribution in [-0.2, 0) is 24.0 Å². The Labute approximate surface area is 457 Å². The van der Waals surface area contributed by atoms with Crippen LogP contribution in [0.15, 0.2) is 34.3 Å². The van der Waals surface area contributed by atoms with Crippen LogP contribution in [0.4, 0.5) is 0 Å². The monoisotopic (exact) mass is 1100 g/mol. The van der Waals surface area contributed by atoms with Crippen molar-refractivity contribution in [2.75, 3.05) is 52.6 Å². The number of carbonyl (C=O) groups excluding carboxylic acids is 2. The highest BCUT2D eigenvalue weighted by molar-refractivity contribution is 5.93. The second-order valence-electron chi connectivity index (χ2n) is 21.4. The number of hydrogen-bond acceptors (Lipinski definition) is 16. The first-order chi connectivity index (χ1) is 36.2. The Balaban J connectivity index is -0.000000853. The number of aliphatic carboxylic acids is 3. The molecule has 0 spiro atoms. The first kappa shape index (κ1) is 76.3. The normalized spacial score (nSPS) is 21.0. The Morgan fingerprint density at radius 1 is 0.649 bits per heavy atom. The summed E-state index contributed by atoms with van der Waals surface area (Å²) < 4.78 is 0. The molecule has 0 heterocycles. The lowest BCUT2D eigenvalue weighted by Gasteiger charge is -2.45. The number of aromatic carboxylic acids is 2. The van der Waals surface area contributed by atoms with Crippen molar-refractivity contribution in [3.63, 3.8) is 0 Å². The smallest absolute Gasteiger partial charge is 0.335 e. The standard InChI is InChI=1S/C15H22N2O2.C10H22N2.C8H6O4.C6H15N.C6H10O4.C6H14O2.C5H10O4/c18-10-16-14-5-1-12(2-6-14)9-13-3-7-15(8-4-13)17-11-19;1-9(2)4-8(12)5-10(3,6-9)7-11;9-7(10)5-2-1-3-6(4-5)8(11)12;1-4-7(5-2)6-3;7-5(8)3-1-2-4-6(9)10;7-5-3-1-2-4-6-8;1-5(2-6,3-7)4(8)9/h12-15H,1-9H2;8H,4-7,11-12H2,1-3H3;1-4H,(H,9,10)(H,11,12);4-6H2,1-3H3;1-4H2,(H,7,8)(H,9,10);7-8H,1-6H2;6-7H,2-3H2,1H3,(H,8,9). The van der Waals surface area contributed by atoms with Gasteiger partial charge in [-0.3, -0.25) is 14.4 Å². The third kappa shape index (κ3) is 40.0. The number of aliphatic hydroxyl groups excluding tert-OH is 4. The van der Waals surface area contributed by atoms with Crippen molar-refractivity contribution in [1.29, 1.82) is 0 Å². The number of benzene rings is 1. The van der Waals surface area contributed by atoms with E-state index >= 15 is 0 Å². The Hall–Kier alpha value is -4.95. The van der Waals surface area contributed by atoms with Gasteiger partial charge in [0.05, 0.1) is 36.4 Å². The summed E-state index contributed by atoms with van der Waals surface area (Å²) in [5, 5.41) is 75.0. The number of nitrogens with two attached hydrogens (primary N) is 2. The quantitative estimate of drug-likeness (QED) is 0.0289. The lowest BCUT2D eigenvalue weighted by Crippen LogP contribution is -2.45. The second kappa shape index (κ2) is 45.0. The molecule has 2 atom stereocenters. The van der Waals surface area contributed by atoms with Gasteiger partial charge in [-0.2, -0.15) is 0 Å². The fraction of sp³-hybridized carbons (Fsp3) is 0.768. The van der Waals surface area contributed by atoms with Crippen LogP contribution < -0.4 is 11.5 Å². The number of hydrogen-bond donors (Lipinski definition) is 11. The van der Waals surface area contributed by atoms with Crippen LogP contribution in [0.1, 0.15) is 198 Å². The maximum Gasteiger partial charge on any atom is 0.335 e. The summed E-state index contributed by atoms with van der Waals surface area (Å²) in [6.45, 7) is 18.5. The van der Waals surface area contributed by atoms with Crippen molar-refractivity contribution in [3.05, 3.63) is 35.4 Å². The van der Waals surface area contributed by atoms with Gasteiger partial charge in [-0.25, -0.2) is 29.2 Å². The van der Waals surface area contributed by atoms with Crippen LogP contribution in [0, 0.1) is 28.1 Å². The fourth-order valence-corrected chi connectivity index (χ4v) is 9.28. The van der Waals surface area contributed by atoms with Crippen molar-refractivity contribution < 1.29 is 79.5 Å². The van der Waals surface area contributed by atoms with Crippen molar-refractivity contribution >= 4 is 42.0 Å². The molecule has 0 aliphatic heterocycles. The van der Waals surface area contributed by atoms with Crippen LogP contribution in [-0.4, -0.2) is 164 Å². The average Bonchev–Trinajstić information content (AvgIpc) is 3.38. The van der Waals surface area contributed by atoms with Gasteiger partial charge in [-0.15, -0.1) is 0 Å². The van der Waals surface area contributed by atoms with Crippen molar-refractivity contribution in [2.45, 2.75) is 195 Å². The Morgan fingerprint density at radius 2 is 1.04 bits per heavy atom. The molecule has 4 rings (SSSR count). The van der Waals surface area contributed by atoms with E-state index in [0.717, 1.165) is 88.7 Å². The average molecular weight is 1100 g/mol. The zero-order chi connectivity index (χ0) is 59.5. The van der Waals surface area contributed by atoms with Gasteiger partial charge in [0.15, 0.2) is 0 Å². The van der Waals surface area contributed by atoms with E-state index in [9.17, 15) is 33.6 Å². The topological polar surface area (TPSA) is 382 Å². The molecule has 3 aliphatic carbocycles. The molecule has 1 aromatic carbocycles. The molecule has 0 amide bonds. The number of unbranched alkanes of at least 4 members (excludes halogenated alkanes) is 4. The first-order valence-electron chi connectivity index (χ1n) is 27.2. The molecule has 0 aromatic heterocycles. The number of rotatable bonds is 23. The Kier molecular flexibility index (Phi) is 44.6. The first-order valence-corrected chi connectivity index (χ1v) is 27.2. The SMILES string of the molecule is CC(CO)(CO)C(=O)O.CC1(C)CC(N)CC(C)(CN)C1.CCN(CC)CC.O=C(O)CCCCC(=O)O.O=C(O)c1cccc(C(=O)O)c1.O=C=NC1CCC(CC2CCC(N=C=O)CC2)CC1.OCCCCCCO. The van der Waals surface area contributed by atoms with Gasteiger partial charge >= 0.3 is 29.8 Å². The summed E-state index contributed by atoms with van der Waals surface area (Å²) in [5.41, 5.74) is 11.0.